The summed E-state index contributed by atoms with van der Waals surface area (Å²) in [6, 6.07) is 29.5. The Balaban J connectivity index is 0.000000221. The summed E-state index contributed by atoms with van der Waals surface area (Å²) < 4.78 is 4.17. The molecule has 0 bridgehead atoms. The molecule has 0 atom stereocenters. The molecule has 6 rings (SSSR count). The first-order valence-electron chi connectivity index (χ1n) is 14.5. The van der Waals surface area contributed by atoms with E-state index in [0.717, 1.165) is 41.8 Å². The summed E-state index contributed by atoms with van der Waals surface area (Å²) >= 11 is 2.09. The summed E-state index contributed by atoms with van der Waals surface area (Å²) in [6.45, 7) is 8.07. The Morgan fingerprint density at radius 1 is 0.881 bits per heavy atom. The Bertz CT molecular complexity index is 1810. The number of fused-ring (bicyclic) bond motifs is 6. The van der Waals surface area contributed by atoms with Gasteiger partial charge in [0.2, 0.25) is 0 Å². The molecular formula is C36H36IrNO2SSe-. The zero-order chi connectivity index (χ0) is 28.9. The van der Waals surface area contributed by atoms with Crippen molar-refractivity contribution >= 4 is 71.9 Å². The van der Waals surface area contributed by atoms with Gasteiger partial charge in [-0.25, -0.2) is 0 Å². The van der Waals surface area contributed by atoms with Crippen molar-refractivity contribution in [2.75, 3.05) is 0 Å². The molecular weight excluding hydrogens is 782 g/mol. The van der Waals surface area contributed by atoms with Crippen LogP contribution in [0.15, 0.2) is 84.6 Å². The van der Waals surface area contributed by atoms with E-state index in [1.807, 2.05) is 27.7 Å². The molecule has 219 valence electrons. The first-order chi connectivity index (χ1) is 20.0. The molecule has 2 aromatic heterocycles. The van der Waals surface area contributed by atoms with E-state index in [-0.39, 0.29) is 43.5 Å². The van der Waals surface area contributed by atoms with Crippen molar-refractivity contribution in [1.82, 2.24) is 4.98 Å². The van der Waals surface area contributed by atoms with E-state index >= 15 is 0 Å². The fourth-order valence-electron chi connectivity index (χ4n) is 5.39. The summed E-state index contributed by atoms with van der Waals surface area (Å²) in [7, 11) is 0. The molecule has 42 heavy (non-hydrogen) atoms. The van der Waals surface area contributed by atoms with Gasteiger partial charge in [0.25, 0.3) is 0 Å². The van der Waals surface area contributed by atoms with Crippen molar-refractivity contribution in [2.45, 2.75) is 53.4 Å². The van der Waals surface area contributed by atoms with E-state index in [2.05, 4.69) is 78.9 Å². The molecule has 0 aliphatic rings. The fourth-order valence-corrected chi connectivity index (χ4v) is 8.98. The maximum absolute atomic E-state index is 11.7. The Labute approximate surface area is 271 Å². The number of para-hydroxylation sites is 1. The molecule has 2 heterocycles. The normalized spacial score (nSPS) is 11.8. The molecule has 3 nitrogen and oxygen atoms in total. The monoisotopic (exact) mass is 819 g/mol. The van der Waals surface area contributed by atoms with Crippen LogP contribution < -0.4 is 0 Å². The first kappa shape index (κ1) is 32.3. The van der Waals surface area contributed by atoms with Gasteiger partial charge in [-0.1, -0.05) is 27.7 Å². The first-order valence-corrected chi connectivity index (χ1v) is 17.1. The van der Waals surface area contributed by atoms with Crippen LogP contribution in [0.2, 0.25) is 0 Å². The van der Waals surface area contributed by atoms with Gasteiger partial charge in [-0.15, -0.1) is 0 Å². The van der Waals surface area contributed by atoms with Crippen LogP contribution in [0.3, 0.4) is 0 Å². The summed E-state index contributed by atoms with van der Waals surface area (Å²) in [5.41, 5.74) is 2.23. The van der Waals surface area contributed by atoms with Gasteiger partial charge < -0.3 is 5.11 Å². The van der Waals surface area contributed by atoms with Crippen LogP contribution in [-0.4, -0.2) is 30.4 Å². The van der Waals surface area contributed by atoms with Gasteiger partial charge in [0.1, 0.15) is 0 Å². The van der Waals surface area contributed by atoms with Gasteiger partial charge in [0, 0.05) is 38.0 Å². The molecule has 0 saturated carbocycles. The Kier molecular flexibility index (Phi) is 11.3. The number of rotatable bonds is 8. The minimum atomic E-state index is 0. The molecule has 1 N–H and O–H groups in total. The second-order valence-electron chi connectivity index (χ2n) is 10.3. The number of nitrogens with zero attached hydrogens (tertiary/aromatic N) is 1. The van der Waals surface area contributed by atoms with Crippen LogP contribution in [0.5, 0.6) is 0 Å². The minimum absolute atomic E-state index is 0. The number of aromatic nitrogens is 1. The van der Waals surface area contributed by atoms with Crippen LogP contribution in [0, 0.1) is 17.9 Å². The number of benzene rings is 4. The predicted octanol–water partition coefficient (Wildman–Crippen LogP) is 10.1. The van der Waals surface area contributed by atoms with E-state index in [1.54, 1.807) is 11.3 Å². The van der Waals surface area contributed by atoms with Crippen LogP contribution in [0.4, 0.5) is 0 Å². The van der Waals surface area contributed by atoms with E-state index in [4.69, 9.17) is 4.98 Å². The standard InChI is InChI=1S/C23H12NSSe.C13H24O2.Ir/c1-2-8-15-14(7-1)13-17(23-24-18-10-4-5-11-19(18)25-23)21-16-9-3-6-12-20(16)26-22(15)21;1-5-10(6-2)12(14)9-13(15)11(7-3)8-4;/h1-12H;9-11,14H,5-8H2,1-4H3;/q-1;;/b;12-9-;. The SMILES string of the molecule is CCC(CC)C(=O)/C=C(\O)C(CC)CC.[Ir].[c-]1c(-c2nc3ccccc3s2)c2c3ccccc3[se]c2c2ccccc12. The van der Waals surface area contributed by atoms with Crippen LogP contribution >= 0.6 is 11.3 Å². The Hall–Kier alpha value is -2.59. The second-order valence-corrected chi connectivity index (χ2v) is 13.6. The number of aliphatic hydroxyl groups excluding tert-OH is 1. The fraction of sp³-hybridized carbons (Fsp3) is 0.278. The Morgan fingerprint density at radius 2 is 1.50 bits per heavy atom. The maximum atomic E-state index is 11.7. The van der Waals surface area contributed by atoms with E-state index in [9.17, 15) is 9.90 Å². The van der Waals surface area contributed by atoms with Gasteiger partial charge in [-0.3, -0.25) is 4.79 Å². The van der Waals surface area contributed by atoms with Crippen LogP contribution in [-0.2, 0) is 24.9 Å². The van der Waals surface area contributed by atoms with Gasteiger partial charge in [-0.05, 0) is 25.7 Å². The quantitative estimate of drug-likeness (QED) is 0.0721. The van der Waals surface area contributed by atoms with Crippen LogP contribution in [0.25, 0.3) is 50.9 Å². The number of aliphatic hydroxyl groups is 1. The average molecular weight is 818 g/mol. The third-order valence-corrected chi connectivity index (χ3v) is 11.4. The predicted molar refractivity (Wildman–Crippen MR) is 177 cm³/mol. The number of ketones is 1. The summed E-state index contributed by atoms with van der Waals surface area (Å²) in [5.74, 6) is 0.547. The summed E-state index contributed by atoms with van der Waals surface area (Å²) in [6.07, 6.45) is 4.91. The van der Waals surface area contributed by atoms with Crippen molar-refractivity contribution in [3.05, 3.63) is 90.7 Å². The van der Waals surface area contributed by atoms with Crippen molar-refractivity contribution in [1.29, 1.82) is 0 Å². The zero-order valence-electron chi connectivity index (χ0n) is 24.4. The molecule has 1 radical (unpaired) electrons. The molecule has 6 aromatic rings. The van der Waals surface area contributed by atoms with Crippen LogP contribution in [0.1, 0.15) is 53.4 Å². The van der Waals surface area contributed by atoms with Crippen molar-refractivity contribution in [3.63, 3.8) is 0 Å². The molecule has 0 amide bonds. The second kappa shape index (κ2) is 14.7. The Morgan fingerprint density at radius 3 is 2.19 bits per heavy atom. The average Bonchev–Trinajstić information content (AvgIpc) is 3.61. The molecule has 6 heteroatoms. The van der Waals surface area contributed by atoms with E-state index < -0.39 is 0 Å². The van der Waals surface area contributed by atoms with Gasteiger partial charge in [0.15, 0.2) is 5.78 Å². The topological polar surface area (TPSA) is 50.2 Å². The third kappa shape index (κ3) is 6.64. The number of carbonyl (C=O) groups excluding carboxylic acids is 1. The summed E-state index contributed by atoms with van der Waals surface area (Å²) in [5, 5.41) is 16.1. The molecule has 4 aromatic carbocycles. The van der Waals surface area contributed by atoms with Gasteiger partial charge >= 0.3 is 161 Å². The summed E-state index contributed by atoms with van der Waals surface area (Å²) in [4.78, 5) is 16.7. The number of carbonyl (C=O) groups is 1. The van der Waals surface area contributed by atoms with Gasteiger partial charge in [0.05, 0.1) is 5.76 Å². The van der Waals surface area contributed by atoms with Crippen molar-refractivity contribution < 1.29 is 30.0 Å². The molecule has 0 fully saturated rings. The number of allylic oxidation sites excluding steroid dienone is 2. The van der Waals surface area contributed by atoms with Gasteiger partial charge in [-0.2, -0.15) is 0 Å². The molecule has 0 saturated heterocycles. The third-order valence-electron chi connectivity index (χ3n) is 7.87. The van der Waals surface area contributed by atoms with Crippen molar-refractivity contribution in [3.8, 4) is 10.6 Å². The number of hydrogen-bond donors (Lipinski definition) is 1. The van der Waals surface area contributed by atoms with Crippen molar-refractivity contribution in [2.24, 2.45) is 11.8 Å². The molecule has 0 aliphatic carbocycles. The number of thiazole rings is 1. The van der Waals surface area contributed by atoms with E-state index in [1.165, 1.54) is 40.8 Å². The number of hydrogen-bond acceptors (Lipinski definition) is 4. The zero-order valence-corrected chi connectivity index (χ0v) is 29.4. The molecule has 0 unspecified atom stereocenters. The molecule has 0 spiro atoms. The molecule has 0 aliphatic heterocycles. The van der Waals surface area contributed by atoms with E-state index in [0.29, 0.717) is 14.5 Å².